The van der Waals surface area contributed by atoms with Crippen molar-refractivity contribution in [2.24, 2.45) is 0 Å². The Bertz CT molecular complexity index is 1090. The number of esters is 1. The van der Waals surface area contributed by atoms with Gasteiger partial charge in [-0.2, -0.15) is 4.31 Å². The van der Waals surface area contributed by atoms with Gasteiger partial charge in [0.25, 0.3) is 5.91 Å². The first-order chi connectivity index (χ1) is 15.7. The number of carbonyl (C=O) groups is 2. The van der Waals surface area contributed by atoms with Gasteiger partial charge in [0.2, 0.25) is 10.0 Å². The first-order valence-electron chi connectivity index (χ1n) is 10.6. The van der Waals surface area contributed by atoms with Crippen LogP contribution in [0.25, 0.3) is 0 Å². The van der Waals surface area contributed by atoms with E-state index in [-0.39, 0.29) is 29.7 Å². The second-order valence-electron chi connectivity index (χ2n) is 7.81. The van der Waals surface area contributed by atoms with Crippen molar-refractivity contribution in [3.05, 3.63) is 53.6 Å². The van der Waals surface area contributed by atoms with E-state index in [0.717, 1.165) is 0 Å². The van der Waals surface area contributed by atoms with E-state index < -0.39 is 28.5 Å². The molecule has 9 nitrogen and oxygen atoms in total. The first-order valence-corrected chi connectivity index (χ1v) is 12.0. The number of hydrogen-bond acceptors (Lipinski definition) is 7. The molecule has 2 aromatic carbocycles. The molecule has 2 aromatic rings. The minimum absolute atomic E-state index is 0.0114. The summed E-state index contributed by atoms with van der Waals surface area (Å²) in [6.45, 7) is 6.26. The summed E-state index contributed by atoms with van der Waals surface area (Å²) in [6, 6.07) is 11.0. The van der Waals surface area contributed by atoms with Crippen molar-refractivity contribution in [3.8, 4) is 5.75 Å². The molecule has 0 radical (unpaired) electrons. The normalized spacial score (nSPS) is 14.7. The highest BCUT2D eigenvalue weighted by atomic mass is 32.2. The quantitative estimate of drug-likeness (QED) is 0.583. The Morgan fingerprint density at radius 3 is 2.39 bits per heavy atom. The minimum Gasteiger partial charge on any atom is -0.491 e. The number of carbonyl (C=O) groups excluding carboxylic acids is 2. The van der Waals surface area contributed by atoms with Gasteiger partial charge in [-0.05, 0) is 62.7 Å². The monoisotopic (exact) mass is 476 g/mol. The Balaban J connectivity index is 1.61. The van der Waals surface area contributed by atoms with E-state index >= 15 is 0 Å². The number of rotatable bonds is 8. The zero-order chi connectivity index (χ0) is 24.0. The molecule has 1 aliphatic heterocycles. The highest BCUT2D eigenvalue weighted by Crippen LogP contribution is 2.24. The third-order valence-corrected chi connectivity index (χ3v) is 6.78. The fourth-order valence-corrected chi connectivity index (χ4v) is 4.61. The molecule has 0 unspecified atom stereocenters. The smallest absolute Gasteiger partial charge is 0.338 e. The van der Waals surface area contributed by atoms with Crippen LogP contribution >= 0.6 is 0 Å². The predicted molar refractivity (Wildman–Crippen MR) is 122 cm³/mol. The number of nitrogens with zero attached hydrogens (tertiary/aromatic N) is 1. The third-order valence-electron chi connectivity index (χ3n) is 4.89. The molecule has 0 atom stereocenters. The molecule has 3 rings (SSSR count). The second-order valence-corrected chi connectivity index (χ2v) is 9.75. The molecule has 1 fully saturated rings. The Morgan fingerprint density at radius 2 is 1.76 bits per heavy atom. The molecule has 1 saturated heterocycles. The van der Waals surface area contributed by atoms with Crippen molar-refractivity contribution < 1.29 is 32.2 Å². The summed E-state index contributed by atoms with van der Waals surface area (Å²) in [5.41, 5.74) is 1.30. The summed E-state index contributed by atoms with van der Waals surface area (Å²) >= 11 is 0. The maximum atomic E-state index is 12.9. The largest absolute Gasteiger partial charge is 0.491 e. The fraction of sp³-hybridized carbons (Fsp3) is 0.391. The molecule has 0 spiro atoms. The van der Waals surface area contributed by atoms with Crippen molar-refractivity contribution in [2.75, 3.05) is 38.2 Å². The zero-order valence-corrected chi connectivity index (χ0v) is 19.7. The van der Waals surface area contributed by atoms with Crippen molar-refractivity contribution in [1.82, 2.24) is 4.31 Å². The maximum Gasteiger partial charge on any atom is 0.338 e. The second kappa shape index (κ2) is 10.8. The lowest BCUT2D eigenvalue weighted by Gasteiger charge is -2.26. The average molecular weight is 477 g/mol. The van der Waals surface area contributed by atoms with Crippen molar-refractivity contribution >= 4 is 27.6 Å². The van der Waals surface area contributed by atoms with Gasteiger partial charge in [0.1, 0.15) is 5.75 Å². The molecule has 178 valence electrons. The number of amides is 1. The van der Waals surface area contributed by atoms with Crippen LogP contribution in [0.1, 0.15) is 29.8 Å². The van der Waals surface area contributed by atoms with Gasteiger partial charge in [0, 0.05) is 18.8 Å². The highest BCUT2D eigenvalue weighted by Gasteiger charge is 2.27. The zero-order valence-electron chi connectivity index (χ0n) is 18.9. The van der Waals surface area contributed by atoms with E-state index in [1.807, 2.05) is 13.8 Å². The molecule has 1 N–H and O–H groups in total. The molecule has 1 amide bonds. The summed E-state index contributed by atoms with van der Waals surface area (Å²) < 4.78 is 42.9. The Kier molecular flexibility index (Phi) is 8.06. The summed E-state index contributed by atoms with van der Waals surface area (Å²) in [5.74, 6) is -0.601. The molecule has 1 heterocycles. The fourth-order valence-electron chi connectivity index (χ4n) is 3.17. The summed E-state index contributed by atoms with van der Waals surface area (Å²) in [5, 5.41) is 2.62. The van der Waals surface area contributed by atoms with Crippen molar-refractivity contribution in [2.45, 2.75) is 31.8 Å². The molecule has 0 aliphatic carbocycles. The number of nitrogens with one attached hydrogen (secondary N) is 1. The number of sulfonamides is 1. The summed E-state index contributed by atoms with van der Waals surface area (Å²) in [4.78, 5) is 24.7. The van der Waals surface area contributed by atoms with Crippen LogP contribution in [0.15, 0.2) is 47.4 Å². The summed E-state index contributed by atoms with van der Waals surface area (Å²) in [7, 11) is -3.70. The van der Waals surface area contributed by atoms with Gasteiger partial charge in [-0.15, -0.1) is 0 Å². The van der Waals surface area contributed by atoms with Crippen LogP contribution in [-0.2, 0) is 24.3 Å². The molecule has 1 aliphatic rings. The SMILES string of the molecule is Cc1ccc(S(=O)(=O)N2CCOCC2)cc1NC(=O)COC(=O)c1ccc(OC(C)C)cc1. The lowest BCUT2D eigenvalue weighted by molar-refractivity contribution is -0.119. The summed E-state index contributed by atoms with van der Waals surface area (Å²) in [6.07, 6.45) is 0.0114. The van der Waals surface area contributed by atoms with Crippen LogP contribution in [0.5, 0.6) is 5.75 Å². The molecule has 0 bridgehead atoms. The van der Waals surface area contributed by atoms with Crippen LogP contribution in [0.3, 0.4) is 0 Å². The first kappa shape index (κ1) is 24.7. The molecular formula is C23H28N2O7S. The van der Waals surface area contributed by atoms with E-state index in [9.17, 15) is 18.0 Å². The number of ether oxygens (including phenoxy) is 3. The highest BCUT2D eigenvalue weighted by molar-refractivity contribution is 7.89. The van der Waals surface area contributed by atoms with Gasteiger partial charge >= 0.3 is 5.97 Å². The standard InChI is InChI=1S/C23H28N2O7S/c1-16(2)32-19-7-5-18(6-8-19)23(27)31-15-22(26)24-21-14-20(9-4-17(21)3)33(28,29)25-10-12-30-13-11-25/h4-9,14,16H,10-13,15H2,1-3H3,(H,24,26). The van der Waals surface area contributed by atoms with Gasteiger partial charge in [0.15, 0.2) is 6.61 Å². The molecule has 33 heavy (non-hydrogen) atoms. The van der Waals surface area contributed by atoms with Gasteiger partial charge in [-0.1, -0.05) is 6.07 Å². The van der Waals surface area contributed by atoms with Crippen molar-refractivity contribution in [3.63, 3.8) is 0 Å². The van der Waals surface area contributed by atoms with E-state index in [0.29, 0.717) is 30.2 Å². The Labute approximate surface area is 193 Å². The van der Waals surface area contributed by atoms with Crippen LogP contribution in [0, 0.1) is 6.92 Å². The number of morpholine rings is 1. The maximum absolute atomic E-state index is 12.9. The van der Waals surface area contributed by atoms with Crippen LogP contribution in [0.4, 0.5) is 5.69 Å². The van der Waals surface area contributed by atoms with Gasteiger partial charge in [-0.25, -0.2) is 13.2 Å². The van der Waals surface area contributed by atoms with Crippen molar-refractivity contribution in [1.29, 1.82) is 0 Å². The number of hydrogen-bond donors (Lipinski definition) is 1. The van der Waals surface area contributed by atoms with Crippen LogP contribution < -0.4 is 10.1 Å². The molecular weight excluding hydrogens is 448 g/mol. The van der Waals surface area contributed by atoms with E-state index in [4.69, 9.17) is 14.2 Å². The topological polar surface area (TPSA) is 111 Å². The van der Waals surface area contributed by atoms with E-state index in [1.54, 1.807) is 37.3 Å². The van der Waals surface area contributed by atoms with E-state index in [2.05, 4.69) is 5.32 Å². The number of anilines is 1. The Morgan fingerprint density at radius 1 is 1.09 bits per heavy atom. The van der Waals surface area contributed by atoms with E-state index in [1.165, 1.54) is 16.4 Å². The number of benzene rings is 2. The van der Waals surface area contributed by atoms with Crippen LogP contribution in [0.2, 0.25) is 0 Å². The lowest BCUT2D eigenvalue weighted by atomic mass is 10.2. The molecule has 0 aromatic heterocycles. The molecule has 0 saturated carbocycles. The van der Waals surface area contributed by atoms with Crippen LogP contribution in [-0.4, -0.2) is 63.6 Å². The molecule has 10 heteroatoms. The third kappa shape index (κ3) is 6.53. The average Bonchev–Trinajstić information content (AvgIpc) is 2.79. The van der Waals surface area contributed by atoms with Gasteiger partial charge < -0.3 is 19.5 Å². The predicted octanol–water partition coefficient (Wildman–Crippen LogP) is 2.60. The lowest BCUT2D eigenvalue weighted by Crippen LogP contribution is -2.40. The van der Waals surface area contributed by atoms with Gasteiger partial charge in [0.05, 0.1) is 29.8 Å². The van der Waals surface area contributed by atoms with Gasteiger partial charge in [-0.3, -0.25) is 4.79 Å². The number of aryl methyl sites for hydroxylation is 1. The Hall–Kier alpha value is -2.95. The minimum atomic E-state index is -3.70.